The van der Waals surface area contributed by atoms with Crippen LogP contribution >= 0.6 is 7.82 Å². The topological polar surface area (TPSA) is 112 Å². The number of allylic oxidation sites excluding steroid dienone is 9. The van der Waals surface area contributed by atoms with Gasteiger partial charge in [0.05, 0.1) is 40.1 Å². The Morgan fingerprint density at radius 3 is 1.88 bits per heavy atom. The molecule has 0 aliphatic rings. The van der Waals surface area contributed by atoms with E-state index in [1.54, 1.807) is 12.3 Å². The minimum absolute atomic E-state index is 0.00977. The first-order chi connectivity index (χ1) is 27.0. The van der Waals surface area contributed by atoms with Gasteiger partial charge in [0.25, 0.3) is 0 Å². The van der Waals surface area contributed by atoms with Crippen LogP contribution in [0.15, 0.2) is 73.1 Å². The Kier molecular flexibility index (Phi) is 36.7. The van der Waals surface area contributed by atoms with Gasteiger partial charge in [-0.05, 0) is 83.1 Å². The second kappa shape index (κ2) is 38.3. The summed E-state index contributed by atoms with van der Waals surface area (Å²) in [4.78, 5) is 22.8. The van der Waals surface area contributed by atoms with Crippen LogP contribution in [0.2, 0.25) is 0 Å². The second-order valence-electron chi connectivity index (χ2n) is 15.6. The van der Waals surface area contributed by atoms with Crippen molar-refractivity contribution in [1.82, 2.24) is 0 Å². The number of phosphoric acid groups is 1. The molecule has 3 atom stereocenters. The van der Waals surface area contributed by atoms with Crippen molar-refractivity contribution in [2.45, 2.75) is 167 Å². The maximum absolute atomic E-state index is 12.7. The Balaban J connectivity index is 4.52. The van der Waals surface area contributed by atoms with E-state index in [9.17, 15) is 19.4 Å². The lowest BCUT2D eigenvalue weighted by molar-refractivity contribution is -0.870. The number of phosphoric ester groups is 1. The first kappa shape index (κ1) is 53.7. The minimum atomic E-state index is -4.33. The molecule has 0 aromatic rings. The fourth-order valence-corrected chi connectivity index (χ4v) is 6.15. The highest BCUT2D eigenvalue weighted by Gasteiger charge is 2.26. The Morgan fingerprint density at radius 1 is 0.661 bits per heavy atom. The van der Waals surface area contributed by atoms with Crippen molar-refractivity contribution in [3.63, 3.8) is 0 Å². The molecule has 0 bridgehead atoms. The number of carbonyl (C=O) groups excluding carboxylic acids is 1. The van der Waals surface area contributed by atoms with Gasteiger partial charge in [0.15, 0.2) is 6.10 Å². The van der Waals surface area contributed by atoms with E-state index < -0.39 is 26.0 Å². The highest BCUT2D eigenvalue weighted by atomic mass is 31.2. The molecule has 56 heavy (non-hydrogen) atoms. The van der Waals surface area contributed by atoms with Gasteiger partial charge in [0.2, 0.25) is 0 Å². The van der Waals surface area contributed by atoms with Crippen LogP contribution < -0.4 is 0 Å². The Labute approximate surface area is 343 Å². The predicted molar refractivity (Wildman–Crippen MR) is 234 cm³/mol. The zero-order valence-corrected chi connectivity index (χ0v) is 37.1. The monoisotopic (exact) mass is 809 g/mol. The predicted octanol–water partition coefficient (Wildman–Crippen LogP) is 12.0. The van der Waals surface area contributed by atoms with E-state index in [-0.39, 0.29) is 26.2 Å². The van der Waals surface area contributed by atoms with Crippen LogP contribution in [0.5, 0.6) is 0 Å². The summed E-state index contributed by atoms with van der Waals surface area (Å²) in [7, 11) is 1.53. The zero-order chi connectivity index (χ0) is 41.4. The van der Waals surface area contributed by atoms with E-state index in [2.05, 4.69) is 44.2 Å². The van der Waals surface area contributed by atoms with Crippen LogP contribution in [0, 0.1) is 0 Å². The lowest BCUT2D eigenvalue weighted by atomic mass is 10.1. The van der Waals surface area contributed by atoms with Crippen molar-refractivity contribution < 1.29 is 42.4 Å². The summed E-state index contributed by atoms with van der Waals surface area (Å²) in [6, 6.07) is 0. The molecule has 2 unspecified atom stereocenters. The molecule has 2 N–H and O–H groups in total. The molecule has 0 saturated heterocycles. The average Bonchev–Trinajstić information content (AvgIpc) is 3.14. The molecule has 0 spiro atoms. The third kappa shape index (κ3) is 41.4. The molecule has 324 valence electrons. The van der Waals surface area contributed by atoms with Crippen molar-refractivity contribution in [3.05, 3.63) is 73.1 Å². The molecule has 0 fully saturated rings. The van der Waals surface area contributed by atoms with Crippen molar-refractivity contribution in [3.8, 4) is 0 Å². The van der Waals surface area contributed by atoms with Crippen LogP contribution in [0.4, 0.5) is 0 Å². The molecule has 0 aliphatic carbocycles. The molecule has 0 amide bonds. The second-order valence-corrected chi connectivity index (χ2v) is 17.1. The zero-order valence-electron chi connectivity index (χ0n) is 36.2. The first-order valence-electron chi connectivity index (χ1n) is 21.8. The molecule has 0 aromatic heterocycles. The van der Waals surface area contributed by atoms with Gasteiger partial charge < -0.3 is 24.0 Å². The van der Waals surface area contributed by atoms with Gasteiger partial charge in [-0.15, -0.1) is 0 Å². The number of hydrogen-bond donors (Lipinski definition) is 2. The van der Waals surface area contributed by atoms with Gasteiger partial charge in [-0.2, -0.15) is 0 Å². The Morgan fingerprint density at radius 2 is 1.21 bits per heavy atom. The third-order valence-corrected chi connectivity index (χ3v) is 9.87. The van der Waals surface area contributed by atoms with E-state index in [1.165, 1.54) is 77.0 Å². The lowest BCUT2D eigenvalue weighted by Gasteiger charge is -2.24. The number of aliphatic hydroxyl groups excluding tert-OH is 1. The highest BCUT2D eigenvalue weighted by Crippen LogP contribution is 2.43. The number of quaternary nitrogens is 1. The molecule has 0 aromatic carbocycles. The SMILES string of the molecule is CCCCC/C=C\C/C=C\CC(O)/C=C\C=C\CCCC(=O)O[C@H](CO/C=C/CCCCCC/C=C\CCCCCCCC)COP(=O)(O)OCC[N+](C)(C)C. The number of esters is 1. The maximum Gasteiger partial charge on any atom is 0.472 e. The molecular formula is C46H83NO8P+. The van der Waals surface area contributed by atoms with E-state index >= 15 is 0 Å². The first-order valence-corrected chi connectivity index (χ1v) is 23.3. The van der Waals surface area contributed by atoms with E-state index in [4.69, 9.17) is 18.5 Å². The van der Waals surface area contributed by atoms with Gasteiger partial charge in [-0.25, -0.2) is 4.57 Å². The standard InChI is InChI=1S/C46H82NO8P/c1-6-8-10-12-14-16-17-18-19-20-21-22-24-26-31-35-40-52-42-45(43-54-56(50,51)53-41-39-47(3,4)5)55-46(49)38-34-30-27-29-33-37-44(48)36-32-28-25-23-15-13-11-9-7-2/h15,18-19,23,27-29,32-33,35,37,40,44-45,48H,6-14,16-17,20-22,24-26,30-31,34,36,38-39,41-43H2,1-5H3/p+1/b19-18-,23-15-,29-27+,32-28-,37-33-,40-35+/t44?,45-/m1/s1. The fourth-order valence-electron chi connectivity index (χ4n) is 5.41. The summed E-state index contributed by atoms with van der Waals surface area (Å²) in [5.74, 6) is -0.441. The Bertz CT molecular complexity index is 1140. The molecule has 10 heteroatoms. The number of nitrogens with zero attached hydrogens (tertiary/aromatic N) is 1. The molecule has 0 rings (SSSR count). The third-order valence-electron chi connectivity index (χ3n) is 8.88. The van der Waals surface area contributed by atoms with Crippen LogP contribution in [0.1, 0.15) is 155 Å². The molecular weight excluding hydrogens is 725 g/mol. The normalized spacial score (nSPS) is 15.0. The number of likely N-dealkylation sites (N-methyl/N-ethyl adjacent to an activating group) is 1. The van der Waals surface area contributed by atoms with Gasteiger partial charge in [-0.1, -0.05) is 132 Å². The van der Waals surface area contributed by atoms with Crippen molar-refractivity contribution >= 4 is 13.8 Å². The van der Waals surface area contributed by atoms with E-state index in [0.29, 0.717) is 30.3 Å². The van der Waals surface area contributed by atoms with Gasteiger partial charge in [-0.3, -0.25) is 13.8 Å². The molecule has 0 radical (unpaired) electrons. The maximum atomic E-state index is 12.7. The molecule has 0 heterocycles. The smallest absolute Gasteiger partial charge is 0.472 e. The van der Waals surface area contributed by atoms with Crippen LogP contribution in [-0.2, 0) is 27.9 Å². The average molecular weight is 809 g/mol. The summed E-state index contributed by atoms with van der Waals surface area (Å²) >= 11 is 0. The van der Waals surface area contributed by atoms with Gasteiger partial charge in [0.1, 0.15) is 19.8 Å². The van der Waals surface area contributed by atoms with Gasteiger partial charge in [0, 0.05) is 6.42 Å². The minimum Gasteiger partial charge on any atom is -0.498 e. The number of hydrogen-bond acceptors (Lipinski definition) is 7. The quantitative estimate of drug-likeness (QED) is 0.0120. The van der Waals surface area contributed by atoms with Crippen LogP contribution in [0.3, 0.4) is 0 Å². The summed E-state index contributed by atoms with van der Waals surface area (Å²) < 4.78 is 34.6. The molecule has 0 saturated carbocycles. The largest absolute Gasteiger partial charge is 0.498 e. The summed E-state index contributed by atoms with van der Waals surface area (Å²) in [6.45, 7) is 4.70. The lowest BCUT2D eigenvalue weighted by Crippen LogP contribution is -2.37. The van der Waals surface area contributed by atoms with Crippen LogP contribution in [-0.4, -0.2) is 80.2 Å². The Hall–Kier alpha value is -2.26. The van der Waals surface area contributed by atoms with Crippen molar-refractivity contribution in [2.75, 3.05) is 47.5 Å². The summed E-state index contributed by atoms with van der Waals surface area (Å²) in [5, 5.41) is 10.2. The van der Waals surface area contributed by atoms with E-state index in [0.717, 1.165) is 38.5 Å². The number of carbonyl (C=O) groups is 1. The number of unbranched alkanes of at least 4 members (excludes halogenated alkanes) is 15. The summed E-state index contributed by atoms with van der Waals surface area (Å²) in [5.41, 5.74) is 0. The van der Waals surface area contributed by atoms with E-state index in [1.807, 2.05) is 51.5 Å². The highest BCUT2D eigenvalue weighted by molar-refractivity contribution is 7.47. The molecule has 9 nitrogen and oxygen atoms in total. The van der Waals surface area contributed by atoms with Crippen molar-refractivity contribution in [2.24, 2.45) is 0 Å². The number of ether oxygens (including phenoxy) is 2. The summed E-state index contributed by atoms with van der Waals surface area (Å²) in [6.07, 6.45) is 46.3. The number of aliphatic hydroxyl groups is 1. The molecule has 0 aliphatic heterocycles. The van der Waals surface area contributed by atoms with Crippen molar-refractivity contribution in [1.29, 1.82) is 0 Å². The van der Waals surface area contributed by atoms with Crippen LogP contribution in [0.25, 0.3) is 0 Å². The number of rotatable bonds is 39. The van der Waals surface area contributed by atoms with Gasteiger partial charge >= 0.3 is 13.8 Å². The fraction of sp³-hybridized carbons (Fsp3) is 0.717.